The molecule has 1 aliphatic heterocycles. The highest BCUT2D eigenvalue weighted by atomic mass is 16.5. The van der Waals surface area contributed by atoms with Crippen molar-refractivity contribution in [2.75, 3.05) is 37.0 Å². The second kappa shape index (κ2) is 6.36. The van der Waals surface area contributed by atoms with E-state index in [4.69, 9.17) is 4.74 Å². The highest BCUT2D eigenvalue weighted by Crippen LogP contribution is 2.19. The maximum Gasteiger partial charge on any atom is 0.323 e. The molecule has 1 fully saturated rings. The molecule has 1 aliphatic rings. The SMILES string of the molecule is C=C(C)CCOc1nc(NC)nc(N2CCCC2)n1. The first-order chi connectivity index (χ1) is 9.19. The summed E-state index contributed by atoms with van der Waals surface area (Å²) in [5, 5.41) is 2.94. The summed E-state index contributed by atoms with van der Waals surface area (Å²) in [7, 11) is 1.79. The average molecular weight is 263 g/mol. The fourth-order valence-electron chi connectivity index (χ4n) is 1.90. The van der Waals surface area contributed by atoms with Crippen LogP contribution < -0.4 is 15.0 Å². The Morgan fingerprint density at radius 2 is 2.05 bits per heavy atom. The lowest BCUT2D eigenvalue weighted by Gasteiger charge is -2.16. The summed E-state index contributed by atoms with van der Waals surface area (Å²) < 4.78 is 5.57. The summed E-state index contributed by atoms with van der Waals surface area (Å²) in [6.07, 6.45) is 3.18. The van der Waals surface area contributed by atoms with Crippen molar-refractivity contribution in [3.05, 3.63) is 12.2 Å². The summed E-state index contributed by atoms with van der Waals surface area (Å²) in [5.74, 6) is 1.24. The molecule has 1 aromatic heterocycles. The number of nitrogens with zero attached hydrogens (tertiary/aromatic N) is 4. The lowest BCUT2D eigenvalue weighted by Crippen LogP contribution is -2.21. The van der Waals surface area contributed by atoms with Gasteiger partial charge in [0.25, 0.3) is 0 Å². The summed E-state index contributed by atoms with van der Waals surface area (Å²) in [5.41, 5.74) is 1.09. The largest absolute Gasteiger partial charge is 0.463 e. The molecule has 0 spiro atoms. The number of anilines is 2. The summed E-state index contributed by atoms with van der Waals surface area (Å²) in [6.45, 7) is 8.36. The Bertz CT molecular complexity index is 443. The zero-order valence-corrected chi connectivity index (χ0v) is 11.6. The van der Waals surface area contributed by atoms with Gasteiger partial charge in [0, 0.05) is 26.6 Å². The summed E-state index contributed by atoms with van der Waals surface area (Å²) in [6, 6.07) is 0.377. The first-order valence-electron chi connectivity index (χ1n) is 6.65. The van der Waals surface area contributed by atoms with Gasteiger partial charge in [-0.1, -0.05) is 5.57 Å². The number of hydrogen-bond donors (Lipinski definition) is 1. The molecule has 0 aliphatic carbocycles. The number of hydrogen-bond acceptors (Lipinski definition) is 6. The molecule has 1 saturated heterocycles. The van der Waals surface area contributed by atoms with Crippen LogP contribution in [0.2, 0.25) is 0 Å². The highest BCUT2D eigenvalue weighted by Gasteiger charge is 2.17. The Morgan fingerprint density at radius 3 is 2.68 bits per heavy atom. The average Bonchev–Trinajstić information content (AvgIpc) is 2.92. The molecular formula is C13H21N5O. The van der Waals surface area contributed by atoms with Gasteiger partial charge < -0.3 is 15.0 Å². The predicted molar refractivity (Wildman–Crippen MR) is 75.7 cm³/mol. The van der Waals surface area contributed by atoms with Crippen molar-refractivity contribution < 1.29 is 4.74 Å². The lowest BCUT2D eigenvalue weighted by atomic mass is 10.3. The Kier molecular flexibility index (Phi) is 4.54. The van der Waals surface area contributed by atoms with Crippen LogP contribution in [0.25, 0.3) is 0 Å². The number of ether oxygens (including phenoxy) is 1. The Labute approximate surface area is 113 Å². The smallest absolute Gasteiger partial charge is 0.323 e. The molecule has 2 rings (SSSR count). The van der Waals surface area contributed by atoms with Crippen molar-refractivity contribution in [3.8, 4) is 6.01 Å². The monoisotopic (exact) mass is 263 g/mol. The molecule has 104 valence electrons. The van der Waals surface area contributed by atoms with Crippen LogP contribution in [0.15, 0.2) is 12.2 Å². The molecule has 0 saturated carbocycles. The van der Waals surface area contributed by atoms with Gasteiger partial charge in [0.05, 0.1) is 6.61 Å². The van der Waals surface area contributed by atoms with Crippen LogP contribution >= 0.6 is 0 Å². The van der Waals surface area contributed by atoms with Crippen molar-refractivity contribution in [3.63, 3.8) is 0 Å². The van der Waals surface area contributed by atoms with Gasteiger partial charge in [-0.2, -0.15) is 15.0 Å². The van der Waals surface area contributed by atoms with Gasteiger partial charge in [-0.05, 0) is 19.8 Å². The van der Waals surface area contributed by atoms with Gasteiger partial charge in [0.2, 0.25) is 11.9 Å². The third-order valence-electron chi connectivity index (χ3n) is 2.98. The van der Waals surface area contributed by atoms with E-state index in [1.807, 2.05) is 6.92 Å². The molecule has 6 heteroatoms. The first-order valence-corrected chi connectivity index (χ1v) is 6.65. The van der Waals surface area contributed by atoms with Crippen LogP contribution in [0.1, 0.15) is 26.2 Å². The first kappa shape index (κ1) is 13.6. The van der Waals surface area contributed by atoms with E-state index in [2.05, 4.69) is 31.7 Å². The minimum Gasteiger partial charge on any atom is -0.463 e. The lowest BCUT2D eigenvalue weighted by molar-refractivity contribution is 0.296. The van der Waals surface area contributed by atoms with Gasteiger partial charge in [0.1, 0.15) is 0 Å². The Morgan fingerprint density at radius 1 is 1.32 bits per heavy atom. The van der Waals surface area contributed by atoms with E-state index in [9.17, 15) is 0 Å². The standard InChI is InChI=1S/C13H21N5O/c1-10(2)6-9-19-13-16-11(14-3)15-12(17-13)18-7-4-5-8-18/h1,4-9H2,2-3H3,(H,14,15,16,17). The van der Waals surface area contributed by atoms with E-state index in [1.165, 1.54) is 12.8 Å². The quantitative estimate of drug-likeness (QED) is 0.790. The molecule has 0 amide bonds. The molecule has 1 aromatic rings. The number of aromatic nitrogens is 3. The number of rotatable bonds is 6. The van der Waals surface area contributed by atoms with E-state index >= 15 is 0 Å². The van der Waals surface area contributed by atoms with E-state index < -0.39 is 0 Å². The second-order valence-corrected chi connectivity index (χ2v) is 4.74. The molecule has 0 atom stereocenters. The number of nitrogens with one attached hydrogen (secondary N) is 1. The third kappa shape index (κ3) is 3.81. The maximum absolute atomic E-state index is 5.57. The summed E-state index contributed by atoms with van der Waals surface area (Å²) in [4.78, 5) is 15.1. The van der Waals surface area contributed by atoms with Gasteiger partial charge >= 0.3 is 6.01 Å². The second-order valence-electron chi connectivity index (χ2n) is 4.74. The molecule has 2 heterocycles. The van der Waals surface area contributed by atoms with Gasteiger partial charge in [-0.3, -0.25) is 0 Å². The minimum absolute atomic E-state index is 0.377. The molecule has 1 N–H and O–H groups in total. The highest BCUT2D eigenvalue weighted by molar-refractivity contribution is 5.38. The van der Waals surface area contributed by atoms with Crippen molar-refractivity contribution in [2.24, 2.45) is 0 Å². The minimum atomic E-state index is 0.377. The van der Waals surface area contributed by atoms with E-state index in [0.717, 1.165) is 25.1 Å². The van der Waals surface area contributed by atoms with E-state index in [1.54, 1.807) is 7.05 Å². The van der Waals surface area contributed by atoms with Crippen LogP contribution in [0.3, 0.4) is 0 Å². The van der Waals surface area contributed by atoms with Crippen molar-refractivity contribution in [1.82, 2.24) is 15.0 Å². The molecule has 0 aromatic carbocycles. The van der Waals surface area contributed by atoms with Crippen LogP contribution in [-0.2, 0) is 0 Å². The van der Waals surface area contributed by atoms with Crippen LogP contribution in [0.5, 0.6) is 6.01 Å². The maximum atomic E-state index is 5.57. The van der Waals surface area contributed by atoms with Crippen molar-refractivity contribution in [1.29, 1.82) is 0 Å². The topological polar surface area (TPSA) is 63.2 Å². The van der Waals surface area contributed by atoms with Crippen LogP contribution in [-0.4, -0.2) is 41.7 Å². The summed E-state index contributed by atoms with van der Waals surface area (Å²) >= 11 is 0. The molecule has 0 unspecified atom stereocenters. The van der Waals surface area contributed by atoms with E-state index in [-0.39, 0.29) is 0 Å². The van der Waals surface area contributed by atoms with Crippen LogP contribution in [0, 0.1) is 0 Å². The van der Waals surface area contributed by atoms with Crippen LogP contribution in [0.4, 0.5) is 11.9 Å². The molecule has 0 radical (unpaired) electrons. The zero-order chi connectivity index (χ0) is 13.7. The zero-order valence-electron chi connectivity index (χ0n) is 11.6. The predicted octanol–water partition coefficient (Wildman–Crippen LogP) is 1.86. The Balaban J connectivity index is 2.08. The molecule has 19 heavy (non-hydrogen) atoms. The van der Waals surface area contributed by atoms with Gasteiger partial charge in [-0.15, -0.1) is 6.58 Å². The third-order valence-corrected chi connectivity index (χ3v) is 2.98. The van der Waals surface area contributed by atoms with Gasteiger partial charge in [-0.25, -0.2) is 0 Å². The molecule has 6 nitrogen and oxygen atoms in total. The van der Waals surface area contributed by atoms with Crippen molar-refractivity contribution in [2.45, 2.75) is 26.2 Å². The molecule has 0 bridgehead atoms. The normalized spacial score (nSPS) is 14.5. The Hall–Kier alpha value is -1.85. The fraction of sp³-hybridized carbons (Fsp3) is 0.615. The van der Waals surface area contributed by atoms with Gasteiger partial charge in [0.15, 0.2) is 0 Å². The van der Waals surface area contributed by atoms with E-state index in [0.29, 0.717) is 24.5 Å². The molecular weight excluding hydrogens is 242 g/mol. The van der Waals surface area contributed by atoms with Crippen molar-refractivity contribution >= 4 is 11.9 Å². The fourth-order valence-corrected chi connectivity index (χ4v) is 1.90.